The van der Waals surface area contributed by atoms with Gasteiger partial charge in [-0.2, -0.15) is 0 Å². The van der Waals surface area contributed by atoms with Crippen LogP contribution in [0.2, 0.25) is 0 Å². The highest BCUT2D eigenvalue weighted by Gasteiger charge is 2.08. The molecule has 2 nitrogen and oxygen atoms in total. The zero-order valence-electron chi connectivity index (χ0n) is 10.8. The maximum absolute atomic E-state index is 5.97. The number of hydrogen-bond donors (Lipinski definition) is 1. The summed E-state index contributed by atoms with van der Waals surface area (Å²) >= 11 is 1.77. The number of rotatable bonds is 5. The molecule has 96 valence electrons. The van der Waals surface area contributed by atoms with E-state index in [-0.39, 0.29) is 6.04 Å². The van der Waals surface area contributed by atoms with Crippen LogP contribution in [0.3, 0.4) is 0 Å². The summed E-state index contributed by atoms with van der Waals surface area (Å²) in [5, 5.41) is 2.09. The van der Waals surface area contributed by atoms with Gasteiger partial charge in [0.2, 0.25) is 0 Å². The maximum atomic E-state index is 5.97. The van der Waals surface area contributed by atoms with Crippen molar-refractivity contribution in [2.75, 3.05) is 6.61 Å². The molecule has 2 aromatic rings. The van der Waals surface area contributed by atoms with Crippen molar-refractivity contribution in [2.45, 2.75) is 26.3 Å². The van der Waals surface area contributed by atoms with Gasteiger partial charge in [0.1, 0.15) is 5.75 Å². The van der Waals surface area contributed by atoms with Gasteiger partial charge >= 0.3 is 0 Å². The van der Waals surface area contributed by atoms with Gasteiger partial charge in [0.25, 0.3) is 0 Å². The third kappa shape index (κ3) is 3.34. The minimum Gasteiger partial charge on any atom is -0.493 e. The predicted octanol–water partition coefficient (Wildman–Crippen LogP) is 3.70. The van der Waals surface area contributed by atoms with Crippen molar-refractivity contribution in [2.24, 2.45) is 5.73 Å². The van der Waals surface area contributed by atoms with E-state index in [0.29, 0.717) is 6.61 Å². The molecule has 1 atom stereocenters. The van der Waals surface area contributed by atoms with E-state index in [1.165, 1.54) is 10.4 Å². The lowest BCUT2D eigenvalue weighted by Crippen LogP contribution is -2.09. The second kappa shape index (κ2) is 6.03. The van der Waals surface area contributed by atoms with Crippen molar-refractivity contribution in [1.29, 1.82) is 0 Å². The Hall–Kier alpha value is -1.32. The molecule has 18 heavy (non-hydrogen) atoms. The molecule has 0 fully saturated rings. The van der Waals surface area contributed by atoms with E-state index in [1.807, 2.05) is 13.0 Å². The summed E-state index contributed by atoms with van der Waals surface area (Å²) in [6.07, 6.45) is 0.948. The number of nitrogens with two attached hydrogens (primary N) is 1. The Bertz CT molecular complexity index is 491. The zero-order valence-corrected chi connectivity index (χ0v) is 11.7. The van der Waals surface area contributed by atoms with Crippen molar-refractivity contribution in [3.05, 3.63) is 51.7 Å². The number of benzene rings is 1. The lowest BCUT2D eigenvalue weighted by atomic mass is 10.1. The molecule has 2 N–H and O–H groups in total. The Kier molecular flexibility index (Phi) is 4.39. The molecule has 0 saturated heterocycles. The Morgan fingerprint density at radius 1 is 1.33 bits per heavy atom. The van der Waals surface area contributed by atoms with E-state index in [9.17, 15) is 0 Å². The monoisotopic (exact) mass is 261 g/mol. The van der Waals surface area contributed by atoms with E-state index in [4.69, 9.17) is 10.5 Å². The Morgan fingerprint density at radius 3 is 2.83 bits per heavy atom. The first kappa shape index (κ1) is 13.1. The molecule has 0 aliphatic heterocycles. The molecule has 0 spiro atoms. The van der Waals surface area contributed by atoms with Gasteiger partial charge in [0.05, 0.1) is 6.61 Å². The van der Waals surface area contributed by atoms with E-state index < -0.39 is 0 Å². The number of hydrogen-bond acceptors (Lipinski definition) is 3. The Labute approximate surface area is 112 Å². The first-order valence-corrected chi connectivity index (χ1v) is 7.06. The normalized spacial score (nSPS) is 12.4. The highest BCUT2D eigenvalue weighted by atomic mass is 32.1. The summed E-state index contributed by atoms with van der Waals surface area (Å²) < 4.78 is 5.85. The third-order valence-electron chi connectivity index (χ3n) is 2.84. The van der Waals surface area contributed by atoms with Crippen LogP contribution in [-0.4, -0.2) is 6.61 Å². The van der Waals surface area contributed by atoms with E-state index in [0.717, 1.165) is 17.7 Å². The molecule has 3 heteroatoms. The number of thiophene rings is 1. The van der Waals surface area contributed by atoms with Gasteiger partial charge < -0.3 is 10.5 Å². The molecular weight excluding hydrogens is 242 g/mol. The van der Waals surface area contributed by atoms with E-state index in [1.54, 1.807) is 11.3 Å². The van der Waals surface area contributed by atoms with Gasteiger partial charge in [0.15, 0.2) is 0 Å². The SMILES string of the molecule is Cc1ccc(OCCc2cccs2)c([C@H](C)N)c1. The van der Waals surface area contributed by atoms with Gasteiger partial charge in [-0.1, -0.05) is 23.8 Å². The summed E-state index contributed by atoms with van der Waals surface area (Å²) in [6, 6.07) is 10.4. The minimum absolute atomic E-state index is 0.00152. The first-order chi connectivity index (χ1) is 8.66. The van der Waals surface area contributed by atoms with Gasteiger partial charge in [-0.05, 0) is 31.4 Å². The Balaban J connectivity index is 2.00. The fraction of sp³-hybridized carbons (Fsp3) is 0.333. The molecule has 2 rings (SSSR count). The van der Waals surface area contributed by atoms with Crippen LogP contribution in [0.5, 0.6) is 5.75 Å². The summed E-state index contributed by atoms with van der Waals surface area (Å²) in [5.74, 6) is 0.909. The number of aryl methyl sites for hydroxylation is 1. The molecule has 0 aliphatic rings. The van der Waals surface area contributed by atoms with Crippen molar-refractivity contribution in [3.8, 4) is 5.75 Å². The fourth-order valence-corrected chi connectivity index (χ4v) is 2.56. The molecule has 1 heterocycles. The number of ether oxygens (including phenoxy) is 1. The van der Waals surface area contributed by atoms with Crippen LogP contribution in [0.1, 0.15) is 29.0 Å². The molecule has 0 unspecified atom stereocenters. The van der Waals surface area contributed by atoms with Crippen LogP contribution >= 0.6 is 11.3 Å². The zero-order chi connectivity index (χ0) is 13.0. The summed E-state index contributed by atoms with van der Waals surface area (Å²) in [4.78, 5) is 1.35. The molecule has 1 aromatic carbocycles. The van der Waals surface area contributed by atoms with Gasteiger partial charge in [-0.15, -0.1) is 11.3 Å². The van der Waals surface area contributed by atoms with Crippen molar-refractivity contribution in [1.82, 2.24) is 0 Å². The lowest BCUT2D eigenvalue weighted by molar-refractivity contribution is 0.318. The summed E-state index contributed by atoms with van der Waals surface area (Å²) in [7, 11) is 0. The topological polar surface area (TPSA) is 35.2 Å². The van der Waals surface area contributed by atoms with Crippen LogP contribution < -0.4 is 10.5 Å². The largest absolute Gasteiger partial charge is 0.493 e. The van der Waals surface area contributed by atoms with Crippen molar-refractivity contribution < 1.29 is 4.74 Å². The average molecular weight is 261 g/mol. The lowest BCUT2D eigenvalue weighted by Gasteiger charge is -2.14. The first-order valence-electron chi connectivity index (χ1n) is 6.18. The molecule has 0 bridgehead atoms. The van der Waals surface area contributed by atoms with Crippen LogP contribution in [0, 0.1) is 6.92 Å². The summed E-state index contributed by atoms with van der Waals surface area (Å²) in [6.45, 7) is 4.76. The van der Waals surface area contributed by atoms with E-state index in [2.05, 4.69) is 36.6 Å². The molecule has 0 saturated carbocycles. The van der Waals surface area contributed by atoms with Gasteiger partial charge in [-0.25, -0.2) is 0 Å². The molecular formula is C15H19NOS. The maximum Gasteiger partial charge on any atom is 0.124 e. The van der Waals surface area contributed by atoms with Crippen LogP contribution in [0.4, 0.5) is 0 Å². The van der Waals surface area contributed by atoms with Crippen molar-refractivity contribution in [3.63, 3.8) is 0 Å². The second-order valence-electron chi connectivity index (χ2n) is 4.51. The highest BCUT2D eigenvalue weighted by molar-refractivity contribution is 7.09. The minimum atomic E-state index is 0.00152. The highest BCUT2D eigenvalue weighted by Crippen LogP contribution is 2.25. The molecule has 1 aromatic heterocycles. The van der Waals surface area contributed by atoms with E-state index >= 15 is 0 Å². The van der Waals surface area contributed by atoms with Gasteiger partial charge in [0, 0.05) is 22.9 Å². The molecule has 0 amide bonds. The quantitative estimate of drug-likeness (QED) is 0.890. The van der Waals surface area contributed by atoms with Crippen LogP contribution in [0.15, 0.2) is 35.7 Å². The summed E-state index contributed by atoms with van der Waals surface area (Å²) in [5.41, 5.74) is 8.27. The predicted molar refractivity (Wildman–Crippen MR) is 77.3 cm³/mol. The standard InChI is InChI=1S/C15H19NOS/c1-11-5-6-15(14(10-11)12(2)16)17-8-7-13-4-3-9-18-13/h3-6,9-10,12H,7-8,16H2,1-2H3/t12-/m0/s1. The third-order valence-corrected chi connectivity index (χ3v) is 3.78. The second-order valence-corrected chi connectivity index (χ2v) is 5.54. The van der Waals surface area contributed by atoms with Crippen molar-refractivity contribution >= 4 is 11.3 Å². The fourth-order valence-electron chi connectivity index (χ4n) is 1.87. The molecule has 0 radical (unpaired) electrons. The van der Waals surface area contributed by atoms with Gasteiger partial charge in [-0.3, -0.25) is 0 Å². The van der Waals surface area contributed by atoms with Crippen LogP contribution in [-0.2, 0) is 6.42 Å². The molecule has 0 aliphatic carbocycles. The average Bonchev–Trinajstić information content (AvgIpc) is 2.84. The Morgan fingerprint density at radius 2 is 2.17 bits per heavy atom. The smallest absolute Gasteiger partial charge is 0.124 e. The van der Waals surface area contributed by atoms with Crippen LogP contribution in [0.25, 0.3) is 0 Å².